The van der Waals surface area contributed by atoms with Crippen molar-refractivity contribution in [3.05, 3.63) is 71.6 Å². The molecule has 0 unspecified atom stereocenters. The number of carbonyl (C=O) groups excluding carboxylic acids is 4. The number of nitrogens with one attached hydrogen (secondary N) is 1. The second kappa shape index (κ2) is 7.61. The van der Waals surface area contributed by atoms with Crippen LogP contribution in [-0.2, 0) is 14.4 Å². The summed E-state index contributed by atoms with van der Waals surface area (Å²) in [5, 5.41) is 1.96. The summed E-state index contributed by atoms with van der Waals surface area (Å²) in [7, 11) is 0. The molecule has 2 aromatic rings. The molecule has 9 heteroatoms. The zero-order valence-corrected chi connectivity index (χ0v) is 16.4. The zero-order valence-electron chi connectivity index (χ0n) is 14.8. The molecule has 29 heavy (non-hydrogen) atoms. The molecular weight excluding hydrogens is 410 g/mol. The minimum Gasteiger partial charge on any atom is -0.301 e. The Morgan fingerprint density at radius 1 is 0.862 bits per heavy atom. The topological polar surface area (TPSA) is 86.8 Å². The molecule has 7 nitrogen and oxygen atoms in total. The quantitative estimate of drug-likeness (QED) is 0.464. The number of benzene rings is 2. The molecule has 0 spiro atoms. The molecule has 2 fully saturated rings. The van der Waals surface area contributed by atoms with E-state index in [1.165, 1.54) is 11.0 Å². The Labute approximate surface area is 175 Å². The van der Waals surface area contributed by atoms with E-state index in [1.807, 2.05) is 0 Å². The van der Waals surface area contributed by atoms with Gasteiger partial charge in [-0.2, -0.15) is 0 Å². The van der Waals surface area contributed by atoms with Crippen molar-refractivity contribution < 1.29 is 19.2 Å². The zero-order chi connectivity index (χ0) is 20.5. The van der Waals surface area contributed by atoms with Crippen LogP contribution in [0.2, 0.25) is 0 Å². The summed E-state index contributed by atoms with van der Waals surface area (Å²) in [5.41, 5.74) is 0.920. The lowest BCUT2D eigenvalue weighted by Gasteiger charge is -2.31. The number of hydrogen-bond donors (Lipinski definition) is 1. The van der Waals surface area contributed by atoms with Gasteiger partial charge in [0.2, 0.25) is 11.8 Å². The van der Waals surface area contributed by atoms with Gasteiger partial charge in [0, 0.05) is 0 Å². The molecular formula is C20H13N3O4S2. The molecule has 2 aliphatic rings. The molecule has 2 saturated heterocycles. The van der Waals surface area contributed by atoms with Gasteiger partial charge in [0.15, 0.2) is 5.11 Å². The molecule has 0 aromatic heterocycles. The van der Waals surface area contributed by atoms with Crippen molar-refractivity contribution in [2.24, 2.45) is 5.92 Å². The van der Waals surface area contributed by atoms with Crippen molar-refractivity contribution in [2.75, 3.05) is 9.80 Å². The van der Waals surface area contributed by atoms with Crippen molar-refractivity contribution in [3.63, 3.8) is 0 Å². The van der Waals surface area contributed by atoms with Gasteiger partial charge in [0.1, 0.15) is 5.92 Å². The van der Waals surface area contributed by atoms with Crippen LogP contribution >= 0.6 is 24.0 Å². The van der Waals surface area contributed by atoms with Crippen molar-refractivity contribution >= 4 is 63.4 Å². The van der Waals surface area contributed by atoms with E-state index in [1.54, 1.807) is 60.7 Å². The van der Waals surface area contributed by atoms with Gasteiger partial charge in [-0.05, 0) is 54.3 Å². The molecule has 1 N–H and O–H groups in total. The molecule has 144 valence electrons. The Balaban J connectivity index is 1.65. The number of hydrogen-bond acceptors (Lipinski definition) is 6. The van der Waals surface area contributed by atoms with E-state index in [-0.39, 0.29) is 10.0 Å². The number of nitrogens with zero attached hydrogens (tertiary/aromatic N) is 2. The van der Waals surface area contributed by atoms with Gasteiger partial charge in [-0.1, -0.05) is 36.4 Å². The number of thioether (sulfide) groups is 1. The first-order valence-corrected chi connectivity index (χ1v) is 9.77. The first kappa shape index (κ1) is 19.0. The van der Waals surface area contributed by atoms with Gasteiger partial charge in [-0.3, -0.25) is 24.1 Å². The fourth-order valence-electron chi connectivity index (χ4n) is 2.99. The fraction of sp³-hybridized carbons (Fsp3) is 0.0500. The average Bonchev–Trinajstić information content (AvgIpc) is 2.99. The molecule has 2 aliphatic heterocycles. The van der Waals surface area contributed by atoms with E-state index in [4.69, 9.17) is 12.2 Å². The van der Waals surface area contributed by atoms with E-state index < -0.39 is 28.9 Å². The van der Waals surface area contributed by atoms with Crippen molar-refractivity contribution in [1.82, 2.24) is 5.32 Å². The van der Waals surface area contributed by atoms with Crippen LogP contribution in [0.4, 0.5) is 16.2 Å². The van der Waals surface area contributed by atoms with Crippen LogP contribution in [0.5, 0.6) is 0 Å². The third-order valence-corrected chi connectivity index (χ3v) is 5.52. The Morgan fingerprint density at radius 3 is 2.00 bits per heavy atom. The summed E-state index contributed by atoms with van der Waals surface area (Å²) in [5.74, 6) is -3.08. The molecule has 0 bridgehead atoms. The van der Waals surface area contributed by atoms with Gasteiger partial charge < -0.3 is 5.32 Å². The largest absolute Gasteiger partial charge is 0.301 e. The van der Waals surface area contributed by atoms with Crippen molar-refractivity contribution in [2.45, 2.75) is 0 Å². The lowest BCUT2D eigenvalue weighted by molar-refractivity contribution is -0.131. The predicted octanol–water partition coefficient (Wildman–Crippen LogP) is 2.83. The number of para-hydroxylation sites is 2. The lowest BCUT2D eigenvalue weighted by atomic mass is 10.0. The standard InChI is InChI=1S/C20H13N3O4S2/c24-16-14(17(25)22(19(28)21-16)12-7-3-1-4-8-12)11-15-18(26)23(20(27)29-15)13-9-5-2-6-10-13/h1-11,14H,(H,21,24,28)/b15-11-/t14-/m0/s1. The van der Waals surface area contributed by atoms with Crippen molar-refractivity contribution in [3.8, 4) is 0 Å². The van der Waals surface area contributed by atoms with Gasteiger partial charge in [0.05, 0.1) is 16.3 Å². The third-order valence-electron chi connectivity index (χ3n) is 4.34. The summed E-state index contributed by atoms with van der Waals surface area (Å²) in [6.45, 7) is 0. The summed E-state index contributed by atoms with van der Waals surface area (Å²) in [6.07, 6.45) is 1.23. The predicted molar refractivity (Wildman–Crippen MR) is 113 cm³/mol. The highest BCUT2D eigenvalue weighted by atomic mass is 32.2. The van der Waals surface area contributed by atoms with Crippen LogP contribution in [0.15, 0.2) is 71.6 Å². The minimum atomic E-state index is -1.28. The molecule has 0 saturated carbocycles. The second-order valence-electron chi connectivity index (χ2n) is 6.16. The van der Waals surface area contributed by atoms with Crippen LogP contribution in [0, 0.1) is 5.92 Å². The van der Waals surface area contributed by atoms with Gasteiger partial charge >= 0.3 is 0 Å². The number of amides is 4. The fourth-order valence-corrected chi connectivity index (χ4v) is 4.14. The number of carbonyl (C=O) groups is 4. The summed E-state index contributed by atoms with van der Waals surface area (Å²) in [4.78, 5) is 52.7. The summed E-state index contributed by atoms with van der Waals surface area (Å²) >= 11 is 5.83. The lowest BCUT2D eigenvalue weighted by Crippen LogP contribution is -2.57. The Morgan fingerprint density at radius 2 is 1.41 bits per heavy atom. The Hall–Kier alpha value is -3.30. The van der Waals surface area contributed by atoms with E-state index in [0.717, 1.165) is 4.90 Å². The Bertz CT molecular complexity index is 1070. The number of thiocarbonyl (C=S) groups is 1. The van der Waals surface area contributed by atoms with E-state index in [9.17, 15) is 19.2 Å². The number of imide groups is 1. The SMILES string of the molecule is O=C1NC(=S)N(c2ccccc2)C(=O)[C@H]1/C=C1\SC(=O)N(c2ccccc2)C1=O. The first-order valence-electron chi connectivity index (χ1n) is 8.54. The number of anilines is 2. The molecule has 2 heterocycles. The molecule has 4 amide bonds. The van der Waals surface area contributed by atoms with Crippen LogP contribution < -0.4 is 15.1 Å². The van der Waals surface area contributed by atoms with E-state index in [2.05, 4.69) is 5.32 Å². The minimum absolute atomic E-state index is 0.0215. The Kier molecular flexibility index (Phi) is 4.99. The van der Waals surface area contributed by atoms with Gasteiger partial charge in [-0.25, -0.2) is 4.90 Å². The van der Waals surface area contributed by atoms with Gasteiger partial charge in [-0.15, -0.1) is 0 Å². The summed E-state index contributed by atoms with van der Waals surface area (Å²) < 4.78 is 0. The molecule has 0 aliphatic carbocycles. The highest BCUT2D eigenvalue weighted by Crippen LogP contribution is 2.35. The monoisotopic (exact) mass is 423 g/mol. The summed E-state index contributed by atoms with van der Waals surface area (Å²) in [6, 6.07) is 17.1. The molecule has 2 aromatic carbocycles. The maximum absolute atomic E-state index is 13.0. The van der Waals surface area contributed by atoms with Crippen LogP contribution in [0.3, 0.4) is 0 Å². The maximum atomic E-state index is 13.0. The molecule has 0 radical (unpaired) electrons. The van der Waals surface area contributed by atoms with Crippen LogP contribution in [0.25, 0.3) is 0 Å². The maximum Gasteiger partial charge on any atom is 0.298 e. The van der Waals surface area contributed by atoms with Crippen LogP contribution in [-0.4, -0.2) is 28.1 Å². The number of rotatable bonds is 3. The normalized spacial score (nSPS) is 21.2. The van der Waals surface area contributed by atoms with Crippen LogP contribution in [0.1, 0.15) is 0 Å². The van der Waals surface area contributed by atoms with Crippen molar-refractivity contribution in [1.29, 1.82) is 0 Å². The molecule has 1 atom stereocenters. The van der Waals surface area contributed by atoms with E-state index in [0.29, 0.717) is 23.1 Å². The van der Waals surface area contributed by atoms with Gasteiger partial charge in [0.25, 0.3) is 11.1 Å². The highest BCUT2D eigenvalue weighted by Gasteiger charge is 2.42. The first-order chi connectivity index (χ1) is 14.0. The van der Waals surface area contributed by atoms with E-state index >= 15 is 0 Å². The third kappa shape index (κ3) is 3.45. The highest BCUT2D eigenvalue weighted by molar-refractivity contribution is 8.18. The smallest absolute Gasteiger partial charge is 0.298 e. The second-order valence-corrected chi connectivity index (χ2v) is 7.54. The average molecular weight is 423 g/mol. The molecule has 4 rings (SSSR count).